The lowest BCUT2D eigenvalue weighted by atomic mass is 10.1. The molecule has 1 N–H and O–H groups in total. The van der Waals surface area contributed by atoms with Crippen molar-refractivity contribution in [2.75, 3.05) is 31.1 Å². The minimum atomic E-state index is -4.33. The van der Waals surface area contributed by atoms with Crippen LogP contribution in [-0.2, 0) is 23.1 Å². The number of anilines is 1. The molecule has 0 bridgehead atoms. The van der Waals surface area contributed by atoms with Crippen LogP contribution >= 0.6 is 34.8 Å². The molecular formula is C31H27Cl3FN3O4S. The predicted octanol–water partition coefficient (Wildman–Crippen LogP) is 6.85. The number of carbonyl (C=O) groups excluding carboxylic acids is 1. The van der Waals surface area contributed by atoms with Crippen molar-refractivity contribution in [2.24, 2.45) is 0 Å². The Balaban J connectivity index is 1.33. The molecule has 12 heteroatoms. The van der Waals surface area contributed by atoms with Crippen molar-refractivity contribution in [1.82, 2.24) is 9.21 Å². The van der Waals surface area contributed by atoms with Gasteiger partial charge >= 0.3 is 0 Å². The number of phenolic OH excluding ortho intramolecular Hbond substituents is 1. The van der Waals surface area contributed by atoms with E-state index >= 15 is 0 Å². The number of phenols is 1. The molecule has 0 aromatic heterocycles. The third-order valence-corrected chi connectivity index (χ3v) is 9.83. The van der Waals surface area contributed by atoms with Crippen LogP contribution in [-0.4, -0.2) is 54.8 Å². The molecule has 1 amide bonds. The zero-order chi connectivity index (χ0) is 30.7. The lowest BCUT2D eigenvalue weighted by Gasteiger charge is -2.36. The molecular weight excluding hydrogens is 636 g/mol. The number of halogens is 4. The van der Waals surface area contributed by atoms with E-state index in [1.807, 2.05) is 24.3 Å². The first-order valence-electron chi connectivity index (χ1n) is 13.3. The number of nitrogens with zero attached hydrogens (tertiary/aromatic N) is 3. The van der Waals surface area contributed by atoms with Crippen molar-refractivity contribution < 1.29 is 22.7 Å². The minimum Gasteiger partial charge on any atom is -0.505 e. The van der Waals surface area contributed by atoms with Crippen molar-refractivity contribution in [2.45, 2.75) is 18.0 Å². The van der Waals surface area contributed by atoms with Crippen molar-refractivity contribution in [3.63, 3.8) is 0 Å². The summed E-state index contributed by atoms with van der Waals surface area (Å²) in [6, 6.07) is 22.1. The summed E-state index contributed by atoms with van der Waals surface area (Å²) in [5, 5.41) is 11.0. The number of amides is 1. The van der Waals surface area contributed by atoms with Crippen LogP contribution in [0.15, 0.2) is 89.8 Å². The lowest BCUT2D eigenvalue weighted by Crippen LogP contribution is -2.48. The van der Waals surface area contributed by atoms with Gasteiger partial charge in [0, 0.05) is 49.9 Å². The van der Waals surface area contributed by atoms with E-state index in [9.17, 15) is 22.7 Å². The summed E-state index contributed by atoms with van der Waals surface area (Å²) >= 11 is 18.4. The van der Waals surface area contributed by atoms with Gasteiger partial charge in [0.2, 0.25) is 10.0 Å². The van der Waals surface area contributed by atoms with Gasteiger partial charge in [0.25, 0.3) is 5.91 Å². The summed E-state index contributed by atoms with van der Waals surface area (Å²) in [4.78, 5) is 16.7. The molecule has 224 valence electrons. The zero-order valence-electron chi connectivity index (χ0n) is 22.8. The first kappa shape index (κ1) is 31.1. The van der Waals surface area contributed by atoms with Crippen LogP contribution in [0, 0.1) is 5.82 Å². The summed E-state index contributed by atoms with van der Waals surface area (Å²) in [5.41, 5.74) is 2.54. The molecule has 1 aliphatic heterocycles. The fourth-order valence-corrected chi connectivity index (χ4v) is 7.31. The summed E-state index contributed by atoms with van der Waals surface area (Å²) in [7, 11) is -4.33. The molecule has 4 aromatic carbocycles. The maximum absolute atomic E-state index is 13.8. The van der Waals surface area contributed by atoms with Gasteiger partial charge in [0.1, 0.15) is 10.7 Å². The number of piperazine rings is 1. The zero-order valence-corrected chi connectivity index (χ0v) is 25.8. The van der Waals surface area contributed by atoms with Crippen LogP contribution in [0.3, 0.4) is 0 Å². The molecule has 5 rings (SSSR count). The molecule has 0 atom stereocenters. The minimum absolute atomic E-state index is 0.0404. The van der Waals surface area contributed by atoms with Gasteiger partial charge in [-0.1, -0.05) is 71.2 Å². The fraction of sp³-hybridized carbons (Fsp3) is 0.194. The van der Waals surface area contributed by atoms with Gasteiger partial charge in [0.05, 0.1) is 15.7 Å². The molecule has 1 saturated heterocycles. The monoisotopic (exact) mass is 661 g/mol. The van der Waals surface area contributed by atoms with Crippen LogP contribution in [0.5, 0.6) is 5.75 Å². The second kappa shape index (κ2) is 13.1. The maximum Gasteiger partial charge on any atom is 0.253 e. The van der Waals surface area contributed by atoms with Gasteiger partial charge in [-0.2, -0.15) is 4.31 Å². The number of rotatable bonds is 8. The highest BCUT2D eigenvalue weighted by atomic mass is 35.5. The molecule has 7 nitrogen and oxygen atoms in total. The third-order valence-electron chi connectivity index (χ3n) is 7.20. The molecule has 0 unspecified atom stereocenters. The molecule has 1 heterocycles. The maximum atomic E-state index is 13.8. The third kappa shape index (κ3) is 7.08. The van der Waals surface area contributed by atoms with Crippen LogP contribution in [0.25, 0.3) is 0 Å². The Kier molecular flexibility index (Phi) is 9.48. The second-order valence-electron chi connectivity index (χ2n) is 10.1. The van der Waals surface area contributed by atoms with Gasteiger partial charge in [0.15, 0.2) is 5.75 Å². The average molecular weight is 663 g/mol. The first-order chi connectivity index (χ1) is 20.5. The fourth-order valence-electron chi connectivity index (χ4n) is 4.89. The Bertz CT molecular complexity index is 1730. The van der Waals surface area contributed by atoms with E-state index < -0.39 is 26.5 Å². The highest BCUT2D eigenvalue weighted by molar-refractivity contribution is 7.89. The van der Waals surface area contributed by atoms with E-state index in [-0.39, 0.29) is 29.0 Å². The molecule has 4 aromatic rings. The Hall–Kier alpha value is -3.34. The molecule has 0 spiro atoms. The van der Waals surface area contributed by atoms with E-state index in [4.69, 9.17) is 34.8 Å². The van der Waals surface area contributed by atoms with E-state index in [2.05, 4.69) is 4.90 Å². The highest BCUT2D eigenvalue weighted by Crippen LogP contribution is 2.36. The second-order valence-corrected chi connectivity index (χ2v) is 13.2. The molecule has 1 aliphatic rings. The standard InChI is InChI=1S/C31H27Cl3FN3O4S/c32-24-17-27(34)30(39)29(18-24)43(41,42)38(20-22-7-11-25(35)12-8-22)19-21-5-9-23(10-6-21)31(40)37-15-13-36(14-16-37)28-4-2-1-3-26(28)33/h1-12,17-18,39H,13-16,19-20H2. The van der Waals surface area contributed by atoms with E-state index in [0.717, 1.165) is 16.1 Å². The Morgan fingerprint density at radius 3 is 2.00 bits per heavy atom. The van der Waals surface area contributed by atoms with Gasteiger partial charge in [-0.05, 0) is 59.7 Å². The topological polar surface area (TPSA) is 81.2 Å². The van der Waals surface area contributed by atoms with E-state index in [0.29, 0.717) is 47.9 Å². The number of hydrogen-bond acceptors (Lipinski definition) is 5. The van der Waals surface area contributed by atoms with Gasteiger partial charge in [-0.15, -0.1) is 0 Å². The number of benzene rings is 4. The Morgan fingerprint density at radius 2 is 1.40 bits per heavy atom. The van der Waals surface area contributed by atoms with Crippen molar-refractivity contribution in [3.8, 4) is 5.75 Å². The van der Waals surface area contributed by atoms with Crippen LogP contribution < -0.4 is 4.90 Å². The van der Waals surface area contributed by atoms with Crippen LogP contribution in [0.4, 0.5) is 10.1 Å². The quantitative estimate of drug-likeness (QED) is 0.223. The number of carbonyl (C=O) groups is 1. The van der Waals surface area contributed by atoms with Crippen molar-refractivity contribution >= 4 is 56.4 Å². The molecule has 0 aliphatic carbocycles. The lowest BCUT2D eigenvalue weighted by molar-refractivity contribution is 0.0746. The summed E-state index contributed by atoms with van der Waals surface area (Å²) in [6.07, 6.45) is 0. The van der Waals surface area contributed by atoms with E-state index in [1.54, 1.807) is 29.2 Å². The summed E-state index contributed by atoms with van der Waals surface area (Å²) < 4.78 is 42.2. The number of para-hydroxylation sites is 1. The Labute approximate surface area is 264 Å². The highest BCUT2D eigenvalue weighted by Gasteiger charge is 2.30. The smallest absolute Gasteiger partial charge is 0.253 e. The molecule has 0 saturated carbocycles. The number of sulfonamides is 1. The van der Waals surface area contributed by atoms with Crippen LogP contribution in [0.2, 0.25) is 15.1 Å². The SMILES string of the molecule is O=C(c1ccc(CN(Cc2ccc(F)cc2)S(=O)(=O)c2cc(Cl)cc(Cl)c2O)cc1)N1CCN(c2ccccc2Cl)CC1. The van der Waals surface area contributed by atoms with Crippen molar-refractivity contribution in [1.29, 1.82) is 0 Å². The number of hydrogen-bond donors (Lipinski definition) is 1. The Morgan fingerprint density at radius 1 is 0.814 bits per heavy atom. The van der Waals surface area contributed by atoms with Gasteiger partial charge < -0.3 is 14.9 Å². The number of aromatic hydroxyl groups is 1. The summed E-state index contributed by atoms with van der Waals surface area (Å²) in [6.45, 7) is 2.12. The van der Waals surface area contributed by atoms with Crippen molar-refractivity contribution in [3.05, 3.63) is 123 Å². The molecule has 1 fully saturated rings. The first-order valence-corrected chi connectivity index (χ1v) is 15.9. The molecule has 0 radical (unpaired) electrons. The van der Waals surface area contributed by atoms with E-state index in [1.165, 1.54) is 30.3 Å². The van der Waals surface area contributed by atoms with Crippen LogP contribution in [0.1, 0.15) is 21.5 Å². The van der Waals surface area contributed by atoms with Gasteiger partial charge in [-0.25, -0.2) is 12.8 Å². The normalized spacial score (nSPS) is 13.9. The average Bonchev–Trinajstić information content (AvgIpc) is 3.00. The van der Waals surface area contributed by atoms with Gasteiger partial charge in [-0.3, -0.25) is 4.79 Å². The summed E-state index contributed by atoms with van der Waals surface area (Å²) in [5.74, 6) is -1.20. The predicted molar refractivity (Wildman–Crippen MR) is 167 cm³/mol. The largest absolute Gasteiger partial charge is 0.505 e. The molecule has 43 heavy (non-hydrogen) atoms.